The van der Waals surface area contributed by atoms with E-state index in [4.69, 9.17) is 60.3 Å². The minimum absolute atomic E-state index is 1.75. The lowest BCUT2D eigenvalue weighted by atomic mass is 10.3. The first kappa shape index (κ1) is 84.0. The zero-order chi connectivity index (χ0) is 65.2. The molecule has 456 valence electrons. The molecule has 0 fully saturated rings. The van der Waals surface area contributed by atoms with Crippen molar-refractivity contribution in [3.8, 4) is 0 Å². The molecule has 0 amide bonds. The van der Waals surface area contributed by atoms with E-state index in [1.54, 1.807) is 149 Å². The van der Waals surface area contributed by atoms with Gasteiger partial charge in [0.25, 0.3) is 0 Å². The molecule has 0 aliphatic carbocycles. The maximum absolute atomic E-state index is 7.17. The van der Waals surface area contributed by atoms with E-state index in [9.17, 15) is 0 Å². The zero-order valence-electron chi connectivity index (χ0n) is 47.7. The van der Waals surface area contributed by atoms with Crippen molar-refractivity contribution >= 4 is 29.3 Å². The highest BCUT2D eigenvalue weighted by atomic mass is 16.5. The fourth-order valence-electron chi connectivity index (χ4n) is 3.75. The summed E-state index contributed by atoms with van der Waals surface area (Å²) in [5, 5.41) is 86.0. The monoisotopic (exact) mass is 1200 g/mol. The molecule has 0 atom stereocenters. The lowest BCUT2D eigenvalue weighted by molar-refractivity contribution is 0.276. The van der Waals surface area contributed by atoms with Gasteiger partial charge in [-0.1, -0.05) is 72.8 Å². The molecule has 0 aliphatic heterocycles. The van der Waals surface area contributed by atoms with Crippen LogP contribution in [0.3, 0.4) is 0 Å². The molecule has 0 radical (unpaired) electrons. The van der Waals surface area contributed by atoms with Gasteiger partial charge in [0.2, 0.25) is 0 Å². The molecule has 88 heavy (non-hydrogen) atoms. The Bertz CT molecular complexity index is 1840. The Balaban J connectivity index is -0.000000429. The topological polar surface area (TPSA) is 397 Å². The van der Waals surface area contributed by atoms with Crippen LogP contribution in [0, 0.1) is 0 Å². The van der Waals surface area contributed by atoms with Crippen LogP contribution in [0.5, 0.6) is 0 Å². The van der Waals surface area contributed by atoms with Gasteiger partial charge in [0.15, 0.2) is 0 Å². The Hall–Kier alpha value is -10.4. The number of rotatable bonds is 0. The largest absolute Gasteiger partial charge is 0.631 e. The quantitative estimate of drug-likeness (QED) is 0.0909. The van der Waals surface area contributed by atoms with Crippen molar-refractivity contribution < 1.29 is 60.3 Å². The molecule has 0 aromatic carbocycles. The molecule has 12 rings (SSSR count). The van der Waals surface area contributed by atoms with Crippen LogP contribution in [0.2, 0.25) is 0 Å². The number of hydrogen-bond donors (Lipinski definition) is 12. The van der Waals surface area contributed by atoms with Gasteiger partial charge in [-0.15, -0.1) is 0 Å². The van der Waals surface area contributed by atoms with Crippen molar-refractivity contribution in [2.75, 3.05) is 0 Å². The average molecular weight is 1200 g/mol. The normalized spacial score (nSPS) is 7.77. The minimum Gasteiger partial charge on any atom is -0.402 e. The molecule has 0 spiro atoms. The van der Waals surface area contributed by atoms with Gasteiger partial charge in [-0.3, -0.25) is 59.8 Å². The van der Waals surface area contributed by atoms with Gasteiger partial charge in [0.1, 0.15) is 0 Å². The van der Waals surface area contributed by atoms with E-state index < -0.39 is 29.3 Å². The Kier molecular flexibility index (Phi) is 77.2. The molecule has 24 nitrogen and oxygen atoms in total. The number of hydrogen-bond acceptors (Lipinski definition) is 24. The Labute approximate surface area is 514 Å². The molecule has 0 aliphatic rings. The summed E-state index contributed by atoms with van der Waals surface area (Å²) in [6.07, 6.45) is 42.0. The van der Waals surface area contributed by atoms with Crippen LogP contribution < -0.4 is 0 Å². The van der Waals surface area contributed by atoms with Crippen molar-refractivity contribution in [3.63, 3.8) is 0 Å². The molecule has 0 unspecified atom stereocenters. The lowest BCUT2D eigenvalue weighted by Gasteiger charge is -1.70. The number of nitrogens with zero attached hydrogens (tertiary/aromatic N) is 12. The summed E-state index contributed by atoms with van der Waals surface area (Å²) >= 11 is 0. The highest BCUT2D eigenvalue weighted by molar-refractivity contribution is 6.31. The maximum Gasteiger partial charge on any atom is 0.631 e. The maximum atomic E-state index is 7.17. The SMILES string of the molecule is OB(O)O.OB(O)O.OB(O)O.OB(O)O.c1ccncc1.c1ccncc1.c1ccncc1.c1ccncc1.c1ccncc1.c1ccncc1.c1ccncc1.c1ccncc1.c1ccncc1.c1ccncc1.c1ccncc1.c1ccncc1. The van der Waals surface area contributed by atoms with Crippen LogP contribution in [0.1, 0.15) is 0 Å². The molecule has 12 heterocycles. The molecule has 0 bridgehead atoms. The first-order chi connectivity index (χ1) is 42.9. The first-order valence-electron chi connectivity index (χ1n) is 25.3. The van der Waals surface area contributed by atoms with Gasteiger partial charge in [-0.2, -0.15) is 0 Å². The fourth-order valence-corrected chi connectivity index (χ4v) is 3.75. The standard InChI is InChI=1S/12C5H5N.4BH3O3/c12*1-2-4-6-5-3-1;4*2-1(3)4/h12*1-5H;4*2-4H. The van der Waals surface area contributed by atoms with Crippen LogP contribution in [0.4, 0.5) is 0 Å². The van der Waals surface area contributed by atoms with Crippen LogP contribution >= 0.6 is 0 Å². The third-order valence-electron chi connectivity index (χ3n) is 6.80. The second kappa shape index (κ2) is 80.8. The van der Waals surface area contributed by atoms with E-state index in [0.29, 0.717) is 0 Å². The summed E-state index contributed by atoms with van der Waals surface area (Å²) in [6.45, 7) is 0. The molecule has 0 saturated heterocycles. The predicted molar refractivity (Wildman–Crippen MR) is 340 cm³/mol. The molecule has 0 saturated carbocycles. The summed E-state index contributed by atoms with van der Waals surface area (Å²) in [4.78, 5) is 45.4. The Morgan fingerprint density at radius 1 is 0.102 bits per heavy atom. The second-order valence-electron chi connectivity index (χ2n) is 13.7. The summed E-state index contributed by atoms with van der Waals surface area (Å²) in [5.41, 5.74) is 0. The molecule has 28 heteroatoms. The number of aromatic nitrogens is 12. The summed E-state index contributed by atoms with van der Waals surface area (Å²) in [7, 11) is -8.67. The van der Waals surface area contributed by atoms with Gasteiger partial charge < -0.3 is 60.3 Å². The van der Waals surface area contributed by atoms with E-state index in [0.717, 1.165) is 0 Å². The van der Waals surface area contributed by atoms with E-state index in [-0.39, 0.29) is 0 Å². The first-order valence-corrected chi connectivity index (χ1v) is 25.3. The third-order valence-corrected chi connectivity index (χ3v) is 6.80. The van der Waals surface area contributed by atoms with E-state index >= 15 is 0 Å². The van der Waals surface area contributed by atoms with Gasteiger partial charge in [-0.25, -0.2) is 0 Å². The molecular formula is C60H72B4N12O12. The summed E-state index contributed by atoms with van der Waals surface area (Å²) in [5.74, 6) is 0. The van der Waals surface area contributed by atoms with Gasteiger partial charge >= 0.3 is 29.3 Å². The average Bonchev–Trinajstić information content (AvgIpc) is 3.60. The fraction of sp³-hybridized carbons (Fsp3) is 0. The third kappa shape index (κ3) is 111. The minimum atomic E-state index is -2.17. The van der Waals surface area contributed by atoms with Gasteiger partial charge in [0, 0.05) is 149 Å². The zero-order valence-corrected chi connectivity index (χ0v) is 47.7. The van der Waals surface area contributed by atoms with Crippen molar-refractivity contribution in [1.82, 2.24) is 59.8 Å². The predicted octanol–water partition coefficient (Wildman–Crippen LogP) is 4.77. The van der Waals surface area contributed by atoms with Crippen molar-refractivity contribution in [3.05, 3.63) is 367 Å². The molecule has 12 aromatic rings. The molecular weight excluding hydrogens is 1120 g/mol. The second-order valence-corrected chi connectivity index (χ2v) is 13.7. The van der Waals surface area contributed by atoms with E-state index in [2.05, 4.69) is 59.8 Å². The van der Waals surface area contributed by atoms with Crippen LogP contribution in [-0.2, 0) is 0 Å². The highest BCUT2D eigenvalue weighted by Gasteiger charge is 1.94. The van der Waals surface area contributed by atoms with Crippen molar-refractivity contribution in [1.29, 1.82) is 0 Å². The van der Waals surface area contributed by atoms with Crippen molar-refractivity contribution in [2.45, 2.75) is 0 Å². The summed E-state index contributed by atoms with van der Waals surface area (Å²) < 4.78 is 0. The molecule has 12 N–H and O–H groups in total. The lowest BCUT2D eigenvalue weighted by Crippen LogP contribution is -2.07. The number of pyridine rings is 12. The van der Waals surface area contributed by atoms with Gasteiger partial charge in [0.05, 0.1) is 0 Å². The van der Waals surface area contributed by atoms with E-state index in [1.165, 1.54) is 0 Å². The van der Waals surface area contributed by atoms with Crippen LogP contribution in [0.25, 0.3) is 0 Å². The Morgan fingerprint density at radius 2 is 0.148 bits per heavy atom. The smallest absolute Gasteiger partial charge is 0.402 e. The Morgan fingerprint density at radius 3 is 0.159 bits per heavy atom. The molecule has 12 aromatic heterocycles. The van der Waals surface area contributed by atoms with E-state index in [1.807, 2.05) is 218 Å². The van der Waals surface area contributed by atoms with Crippen molar-refractivity contribution in [2.24, 2.45) is 0 Å². The van der Waals surface area contributed by atoms with Crippen LogP contribution in [-0.4, -0.2) is 149 Å². The summed E-state index contributed by atoms with van der Waals surface area (Å²) in [6, 6.07) is 68.6. The van der Waals surface area contributed by atoms with Gasteiger partial charge in [-0.05, 0) is 146 Å². The highest BCUT2D eigenvalue weighted by Crippen LogP contribution is 1.80. The van der Waals surface area contributed by atoms with Crippen LogP contribution in [0.15, 0.2) is 367 Å².